The van der Waals surface area contributed by atoms with Crippen molar-refractivity contribution in [3.63, 3.8) is 0 Å². The van der Waals surface area contributed by atoms with Gasteiger partial charge in [-0.2, -0.15) is 0 Å². The maximum atomic E-state index is 12.8. The van der Waals surface area contributed by atoms with Gasteiger partial charge < -0.3 is 4.90 Å². The number of fused-ring (bicyclic) bond motifs is 1. The highest BCUT2D eigenvalue weighted by atomic mass is 16.2. The first-order chi connectivity index (χ1) is 12.2. The summed E-state index contributed by atoms with van der Waals surface area (Å²) in [5, 5.41) is 0. The van der Waals surface area contributed by atoms with E-state index in [0.29, 0.717) is 12.3 Å². The van der Waals surface area contributed by atoms with Crippen LogP contribution >= 0.6 is 0 Å². The zero-order chi connectivity index (χ0) is 17.2. The summed E-state index contributed by atoms with van der Waals surface area (Å²) in [6.07, 6.45) is 8.08. The van der Waals surface area contributed by atoms with Gasteiger partial charge in [0, 0.05) is 30.9 Å². The van der Waals surface area contributed by atoms with Crippen LogP contribution < -0.4 is 0 Å². The normalized spacial score (nSPS) is 19.7. The van der Waals surface area contributed by atoms with Crippen molar-refractivity contribution in [1.29, 1.82) is 0 Å². The molecule has 0 saturated carbocycles. The van der Waals surface area contributed by atoms with Gasteiger partial charge in [0.25, 0.3) is 0 Å². The average molecular weight is 335 g/mol. The Morgan fingerprint density at radius 3 is 2.96 bits per heavy atom. The number of amides is 1. The van der Waals surface area contributed by atoms with Crippen LogP contribution in [0, 0.1) is 6.92 Å². The highest BCUT2D eigenvalue weighted by Gasteiger charge is 2.26. The molecule has 4 rings (SSSR count). The molecule has 130 valence electrons. The minimum atomic E-state index is 0.244. The van der Waals surface area contributed by atoms with Crippen LogP contribution in [0.5, 0.6) is 0 Å². The van der Waals surface area contributed by atoms with Gasteiger partial charge in [-0.1, -0.05) is 18.2 Å². The summed E-state index contributed by atoms with van der Waals surface area (Å²) >= 11 is 0. The molecule has 2 heterocycles. The van der Waals surface area contributed by atoms with E-state index in [2.05, 4.69) is 28.2 Å². The number of aryl methyl sites for hydroxylation is 3. The first-order valence-electron chi connectivity index (χ1n) is 9.37. The van der Waals surface area contributed by atoms with Crippen molar-refractivity contribution in [3.8, 4) is 0 Å². The Hall–Kier alpha value is -2.23. The molecule has 1 atom stereocenters. The lowest BCUT2D eigenvalue weighted by Gasteiger charge is -2.32. The second-order valence-corrected chi connectivity index (χ2v) is 7.34. The number of carbonyl (C=O) groups excluding carboxylic acids is 1. The molecular weight excluding hydrogens is 310 g/mol. The molecule has 1 aromatic heterocycles. The van der Waals surface area contributed by atoms with Gasteiger partial charge in [0.05, 0.1) is 6.42 Å². The van der Waals surface area contributed by atoms with Gasteiger partial charge in [-0.15, -0.1) is 0 Å². The van der Waals surface area contributed by atoms with E-state index in [-0.39, 0.29) is 5.91 Å². The van der Waals surface area contributed by atoms with Gasteiger partial charge in [-0.25, -0.2) is 9.97 Å². The standard InChI is InChI=1S/C21H25N3O/c1-15-22-10-9-20(23-15)19-6-3-11-24(14-19)21(25)13-16-7-8-17-4-2-5-18(17)12-16/h7-10,12,19H,2-6,11,13-14H2,1H3/t19-/m1/s1. The molecule has 4 heteroatoms. The smallest absolute Gasteiger partial charge is 0.227 e. The molecule has 1 aliphatic carbocycles. The molecule has 1 saturated heterocycles. The number of carbonyl (C=O) groups is 1. The Morgan fingerprint density at radius 2 is 2.08 bits per heavy atom. The summed E-state index contributed by atoms with van der Waals surface area (Å²) in [6.45, 7) is 3.56. The van der Waals surface area contributed by atoms with E-state index in [0.717, 1.165) is 49.4 Å². The molecule has 2 aliphatic rings. The van der Waals surface area contributed by atoms with Gasteiger partial charge in [0.15, 0.2) is 0 Å². The van der Waals surface area contributed by atoms with E-state index < -0.39 is 0 Å². The summed E-state index contributed by atoms with van der Waals surface area (Å²) < 4.78 is 0. The molecule has 1 aromatic carbocycles. The van der Waals surface area contributed by atoms with E-state index in [4.69, 9.17) is 0 Å². The lowest BCUT2D eigenvalue weighted by atomic mass is 9.94. The maximum absolute atomic E-state index is 12.8. The first-order valence-corrected chi connectivity index (χ1v) is 9.37. The predicted octanol–water partition coefficient (Wildman–Crippen LogP) is 3.22. The molecule has 0 unspecified atom stereocenters. The van der Waals surface area contributed by atoms with Crippen molar-refractivity contribution in [3.05, 3.63) is 58.7 Å². The number of benzene rings is 1. The Labute approximate surface area is 149 Å². The van der Waals surface area contributed by atoms with Crippen LogP contribution in [-0.2, 0) is 24.1 Å². The van der Waals surface area contributed by atoms with Crippen LogP contribution in [0.15, 0.2) is 30.5 Å². The fraction of sp³-hybridized carbons (Fsp3) is 0.476. The van der Waals surface area contributed by atoms with Crippen molar-refractivity contribution in [1.82, 2.24) is 14.9 Å². The monoisotopic (exact) mass is 335 g/mol. The van der Waals surface area contributed by atoms with Crippen LogP contribution in [0.1, 0.15) is 53.4 Å². The largest absolute Gasteiger partial charge is 0.342 e. The fourth-order valence-electron chi connectivity index (χ4n) is 4.17. The summed E-state index contributed by atoms with van der Waals surface area (Å²) in [6, 6.07) is 8.59. The molecule has 1 amide bonds. The third-order valence-corrected chi connectivity index (χ3v) is 5.51. The number of nitrogens with zero attached hydrogens (tertiary/aromatic N) is 3. The minimum Gasteiger partial charge on any atom is -0.342 e. The zero-order valence-electron chi connectivity index (χ0n) is 14.9. The van der Waals surface area contributed by atoms with Crippen molar-refractivity contribution in [2.45, 2.75) is 51.4 Å². The second kappa shape index (κ2) is 6.95. The highest BCUT2D eigenvalue weighted by molar-refractivity contribution is 5.79. The molecule has 0 radical (unpaired) electrons. The van der Waals surface area contributed by atoms with Gasteiger partial charge in [0.2, 0.25) is 5.91 Å². The summed E-state index contributed by atoms with van der Waals surface area (Å²) in [5.74, 6) is 1.38. The van der Waals surface area contributed by atoms with Gasteiger partial charge in [-0.3, -0.25) is 4.79 Å². The molecular formula is C21H25N3O. The molecule has 4 nitrogen and oxygen atoms in total. The third kappa shape index (κ3) is 3.58. The van der Waals surface area contributed by atoms with E-state index >= 15 is 0 Å². The highest BCUT2D eigenvalue weighted by Crippen LogP contribution is 2.27. The first kappa shape index (κ1) is 16.2. The topological polar surface area (TPSA) is 46.1 Å². The van der Waals surface area contributed by atoms with E-state index in [9.17, 15) is 4.79 Å². The van der Waals surface area contributed by atoms with E-state index in [1.54, 1.807) is 0 Å². The van der Waals surface area contributed by atoms with Crippen LogP contribution in [-0.4, -0.2) is 33.9 Å². The predicted molar refractivity (Wildman–Crippen MR) is 97.5 cm³/mol. The number of hydrogen-bond donors (Lipinski definition) is 0. The van der Waals surface area contributed by atoms with Gasteiger partial charge in [0.1, 0.15) is 5.82 Å². The van der Waals surface area contributed by atoms with Crippen molar-refractivity contribution in [2.75, 3.05) is 13.1 Å². The lowest BCUT2D eigenvalue weighted by molar-refractivity contribution is -0.131. The number of aromatic nitrogens is 2. The summed E-state index contributed by atoms with van der Waals surface area (Å²) in [4.78, 5) is 23.6. The maximum Gasteiger partial charge on any atom is 0.227 e. The van der Waals surface area contributed by atoms with E-state index in [1.807, 2.05) is 24.1 Å². The molecule has 0 N–H and O–H groups in total. The van der Waals surface area contributed by atoms with Gasteiger partial charge >= 0.3 is 0 Å². The van der Waals surface area contributed by atoms with Crippen molar-refractivity contribution in [2.24, 2.45) is 0 Å². The summed E-state index contributed by atoms with van der Waals surface area (Å²) in [5.41, 5.74) is 5.14. The number of hydrogen-bond acceptors (Lipinski definition) is 3. The molecule has 0 bridgehead atoms. The number of likely N-dealkylation sites (tertiary alicyclic amines) is 1. The Bertz CT molecular complexity index is 786. The molecule has 2 aromatic rings. The number of piperidine rings is 1. The van der Waals surface area contributed by atoms with Gasteiger partial charge in [-0.05, 0) is 61.8 Å². The SMILES string of the molecule is Cc1nccc([C@@H]2CCCN(C(=O)Cc3ccc4c(c3)CCC4)C2)n1. The Kier molecular flexibility index (Phi) is 4.51. The van der Waals surface area contributed by atoms with E-state index in [1.165, 1.54) is 24.0 Å². The summed E-state index contributed by atoms with van der Waals surface area (Å²) in [7, 11) is 0. The fourth-order valence-corrected chi connectivity index (χ4v) is 4.17. The minimum absolute atomic E-state index is 0.244. The van der Waals surface area contributed by atoms with Crippen LogP contribution in [0.2, 0.25) is 0 Å². The second-order valence-electron chi connectivity index (χ2n) is 7.34. The Morgan fingerprint density at radius 1 is 1.20 bits per heavy atom. The van der Waals surface area contributed by atoms with Crippen LogP contribution in [0.3, 0.4) is 0 Å². The molecule has 0 spiro atoms. The van der Waals surface area contributed by atoms with Crippen LogP contribution in [0.25, 0.3) is 0 Å². The third-order valence-electron chi connectivity index (χ3n) is 5.51. The molecule has 1 aliphatic heterocycles. The molecule has 25 heavy (non-hydrogen) atoms. The lowest BCUT2D eigenvalue weighted by Crippen LogP contribution is -2.40. The van der Waals surface area contributed by atoms with Crippen LogP contribution in [0.4, 0.5) is 0 Å². The van der Waals surface area contributed by atoms with Crippen molar-refractivity contribution < 1.29 is 4.79 Å². The molecule has 1 fully saturated rings. The van der Waals surface area contributed by atoms with Crippen molar-refractivity contribution >= 4 is 5.91 Å². The average Bonchev–Trinajstić information content (AvgIpc) is 3.09. The number of rotatable bonds is 3. The quantitative estimate of drug-likeness (QED) is 0.865. The zero-order valence-corrected chi connectivity index (χ0v) is 14.9. The Balaban J connectivity index is 1.43.